The zero-order valence-electron chi connectivity index (χ0n) is 11.4. The highest BCUT2D eigenvalue weighted by molar-refractivity contribution is 5.76. The van der Waals surface area contributed by atoms with Gasteiger partial charge in [-0.05, 0) is 12.8 Å². The van der Waals surface area contributed by atoms with Crippen molar-refractivity contribution in [2.75, 3.05) is 19.6 Å². The fraction of sp³-hybridized carbons (Fsp3) is 0.667. The normalized spacial score (nSPS) is 18.9. The first kappa shape index (κ1) is 14.3. The maximum Gasteiger partial charge on any atom is 0.317 e. The summed E-state index contributed by atoms with van der Waals surface area (Å²) in [6.07, 6.45) is 3.57. The third kappa shape index (κ3) is 3.46. The number of amides is 2. The van der Waals surface area contributed by atoms with Gasteiger partial charge < -0.3 is 19.9 Å². The zero-order valence-corrected chi connectivity index (χ0v) is 11.4. The van der Waals surface area contributed by atoms with E-state index >= 15 is 0 Å². The van der Waals surface area contributed by atoms with Crippen molar-refractivity contribution in [3.8, 4) is 0 Å². The van der Waals surface area contributed by atoms with E-state index in [0.717, 1.165) is 12.2 Å². The van der Waals surface area contributed by atoms with Crippen LogP contribution in [0.1, 0.15) is 18.7 Å². The van der Waals surface area contributed by atoms with E-state index in [2.05, 4.69) is 15.5 Å². The zero-order chi connectivity index (χ0) is 14.5. The van der Waals surface area contributed by atoms with Crippen LogP contribution in [-0.2, 0) is 18.3 Å². The summed E-state index contributed by atoms with van der Waals surface area (Å²) < 4.78 is 1.80. The number of likely N-dealkylation sites (tertiary alicyclic amines) is 1. The van der Waals surface area contributed by atoms with Crippen molar-refractivity contribution < 1.29 is 14.7 Å². The van der Waals surface area contributed by atoms with Gasteiger partial charge in [0.25, 0.3) is 0 Å². The number of carboxylic acid groups (broad SMARTS) is 1. The van der Waals surface area contributed by atoms with Crippen LogP contribution in [-0.4, -0.2) is 56.4 Å². The average molecular weight is 281 g/mol. The van der Waals surface area contributed by atoms with Crippen LogP contribution in [0.5, 0.6) is 0 Å². The molecule has 0 radical (unpaired) electrons. The molecule has 0 spiro atoms. The van der Waals surface area contributed by atoms with Crippen LogP contribution in [0.15, 0.2) is 6.33 Å². The van der Waals surface area contributed by atoms with Crippen molar-refractivity contribution in [3.63, 3.8) is 0 Å². The lowest BCUT2D eigenvalue weighted by molar-refractivity contribution is -0.143. The molecule has 8 heteroatoms. The highest BCUT2D eigenvalue weighted by Gasteiger charge is 2.27. The monoisotopic (exact) mass is 281 g/mol. The van der Waals surface area contributed by atoms with Crippen molar-refractivity contribution in [2.24, 2.45) is 13.0 Å². The molecular formula is C12H19N5O3. The van der Waals surface area contributed by atoms with E-state index in [4.69, 9.17) is 5.11 Å². The molecule has 2 amide bonds. The molecule has 0 saturated carbocycles. The second kappa shape index (κ2) is 6.36. The number of carbonyl (C=O) groups is 2. The van der Waals surface area contributed by atoms with Gasteiger partial charge in [-0.3, -0.25) is 4.79 Å². The lowest BCUT2D eigenvalue weighted by Gasteiger charge is -2.30. The van der Waals surface area contributed by atoms with Gasteiger partial charge in [-0.2, -0.15) is 0 Å². The molecule has 1 aromatic rings. The molecule has 8 nitrogen and oxygen atoms in total. The second-order valence-electron chi connectivity index (χ2n) is 4.96. The third-order valence-corrected chi connectivity index (χ3v) is 3.49. The van der Waals surface area contributed by atoms with Gasteiger partial charge in [0.2, 0.25) is 0 Å². The minimum absolute atomic E-state index is 0.210. The number of aryl methyl sites for hydroxylation is 1. The number of carboxylic acids is 1. The van der Waals surface area contributed by atoms with Crippen LogP contribution in [0.3, 0.4) is 0 Å². The quantitative estimate of drug-likeness (QED) is 0.800. The number of nitrogens with one attached hydrogen (secondary N) is 1. The van der Waals surface area contributed by atoms with Gasteiger partial charge in [-0.1, -0.05) is 0 Å². The summed E-state index contributed by atoms with van der Waals surface area (Å²) in [5.41, 5.74) is 0. The number of hydrogen-bond donors (Lipinski definition) is 2. The molecule has 0 bridgehead atoms. The highest BCUT2D eigenvalue weighted by Crippen LogP contribution is 2.16. The van der Waals surface area contributed by atoms with Gasteiger partial charge in [0.1, 0.15) is 12.2 Å². The molecule has 1 aliphatic rings. The van der Waals surface area contributed by atoms with Gasteiger partial charge >= 0.3 is 12.0 Å². The van der Waals surface area contributed by atoms with Crippen molar-refractivity contribution in [1.82, 2.24) is 25.0 Å². The smallest absolute Gasteiger partial charge is 0.317 e. The Bertz CT molecular complexity index is 487. The van der Waals surface area contributed by atoms with Gasteiger partial charge in [0.05, 0.1) is 5.92 Å². The van der Waals surface area contributed by atoms with Gasteiger partial charge in [0.15, 0.2) is 0 Å². The Morgan fingerprint density at radius 2 is 2.35 bits per heavy atom. The first-order valence-electron chi connectivity index (χ1n) is 6.66. The van der Waals surface area contributed by atoms with E-state index in [0.29, 0.717) is 25.9 Å². The average Bonchev–Trinajstić information content (AvgIpc) is 2.84. The molecule has 0 aliphatic carbocycles. The fourth-order valence-corrected chi connectivity index (χ4v) is 2.29. The fourth-order valence-electron chi connectivity index (χ4n) is 2.29. The Labute approximate surface area is 116 Å². The molecule has 1 atom stereocenters. The maximum atomic E-state index is 12.0. The number of nitrogens with zero attached hydrogens (tertiary/aromatic N) is 4. The summed E-state index contributed by atoms with van der Waals surface area (Å²) in [5.74, 6) is -0.484. The van der Waals surface area contributed by atoms with Crippen LogP contribution in [0, 0.1) is 5.92 Å². The largest absolute Gasteiger partial charge is 0.481 e. The molecule has 1 aromatic heterocycles. The van der Waals surface area contributed by atoms with Crippen LogP contribution in [0.25, 0.3) is 0 Å². The molecule has 2 heterocycles. The van der Waals surface area contributed by atoms with E-state index in [1.54, 1.807) is 15.8 Å². The van der Waals surface area contributed by atoms with E-state index < -0.39 is 11.9 Å². The lowest BCUT2D eigenvalue weighted by Crippen LogP contribution is -2.47. The van der Waals surface area contributed by atoms with Crippen LogP contribution in [0.4, 0.5) is 4.79 Å². The van der Waals surface area contributed by atoms with Gasteiger partial charge in [0, 0.05) is 33.1 Å². The maximum absolute atomic E-state index is 12.0. The molecule has 1 aliphatic heterocycles. The number of piperidine rings is 1. The van der Waals surface area contributed by atoms with Gasteiger partial charge in [-0.15, -0.1) is 10.2 Å². The topological polar surface area (TPSA) is 100 Å². The first-order valence-corrected chi connectivity index (χ1v) is 6.66. The standard InChI is InChI=1S/C12H19N5O3/c1-16-8-14-15-10(16)4-5-13-12(20)17-6-2-3-9(7-17)11(18)19/h8-9H,2-7H2,1H3,(H,13,20)(H,18,19)/t9-/m1/s1. The number of aliphatic carboxylic acids is 1. The predicted octanol–water partition coefficient (Wildman–Crippen LogP) is -0.136. The van der Waals surface area contributed by atoms with E-state index in [-0.39, 0.29) is 12.6 Å². The molecular weight excluding hydrogens is 262 g/mol. The molecule has 0 aromatic carbocycles. The molecule has 0 unspecified atom stereocenters. The Morgan fingerprint density at radius 3 is 3.00 bits per heavy atom. The summed E-state index contributed by atoms with van der Waals surface area (Å²) in [6.45, 7) is 1.35. The predicted molar refractivity (Wildman–Crippen MR) is 70.0 cm³/mol. The van der Waals surface area contributed by atoms with E-state index in [9.17, 15) is 9.59 Å². The minimum atomic E-state index is -0.832. The molecule has 20 heavy (non-hydrogen) atoms. The second-order valence-corrected chi connectivity index (χ2v) is 4.96. The van der Waals surface area contributed by atoms with Crippen LogP contribution in [0.2, 0.25) is 0 Å². The molecule has 1 saturated heterocycles. The summed E-state index contributed by atoms with van der Waals surface area (Å²) >= 11 is 0. The van der Waals surface area contributed by atoms with E-state index in [1.165, 1.54) is 0 Å². The highest BCUT2D eigenvalue weighted by atomic mass is 16.4. The third-order valence-electron chi connectivity index (χ3n) is 3.49. The van der Waals surface area contributed by atoms with Crippen molar-refractivity contribution >= 4 is 12.0 Å². The summed E-state index contributed by atoms with van der Waals surface area (Å²) in [5, 5.41) is 19.5. The number of urea groups is 1. The SMILES string of the molecule is Cn1cnnc1CCNC(=O)N1CCC[C@@H](C(=O)O)C1. The Hall–Kier alpha value is -2.12. The lowest BCUT2D eigenvalue weighted by atomic mass is 9.99. The Kier molecular flexibility index (Phi) is 4.54. The number of rotatable bonds is 4. The van der Waals surface area contributed by atoms with Crippen molar-refractivity contribution in [1.29, 1.82) is 0 Å². The molecule has 1 fully saturated rings. The van der Waals surface area contributed by atoms with Crippen LogP contribution < -0.4 is 5.32 Å². The van der Waals surface area contributed by atoms with Gasteiger partial charge in [-0.25, -0.2) is 4.79 Å². The Morgan fingerprint density at radius 1 is 1.55 bits per heavy atom. The van der Waals surface area contributed by atoms with Crippen molar-refractivity contribution in [3.05, 3.63) is 12.2 Å². The number of hydrogen-bond acceptors (Lipinski definition) is 4. The summed E-state index contributed by atoms with van der Waals surface area (Å²) in [4.78, 5) is 24.5. The number of carbonyl (C=O) groups excluding carboxylic acids is 1. The summed E-state index contributed by atoms with van der Waals surface area (Å²) in [6, 6.07) is -0.210. The summed E-state index contributed by atoms with van der Waals surface area (Å²) in [7, 11) is 1.85. The van der Waals surface area contributed by atoms with E-state index in [1.807, 2.05) is 7.05 Å². The van der Waals surface area contributed by atoms with Crippen molar-refractivity contribution in [2.45, 2.75) is 19.3 Å². The first-order chi connectivity index (χ1) is 9.58. The molecule has 110 valence electrons. The number of aromatic nitrogens is 3. The Balaban J connectivity index is 1.77. The van der Waals surface area contributed by atoms with Crippen LogP contribution >= 0.6 is 0 Å². The molecule has 2 rings (SSSR count). The molecule has 2 N–H and O–H groups in total. The minimum Gasteiger partial charge on any atom is -0.481 e.